The van der Waals surface area contributed by atoms with E-state index in [0.29, 0.717) is 12.6 Å². The van der Waals surface area contributed by atoms with E-state index in [1.807, 2.05) is 10.9 Å². The summed E-state index contributed by atoms with van der Waals surface area (Å²) in [5, 5.41) is 4.39. The minimum Gasteiger partial charge on any atom is -0.382 e. The third-order valence-corrected chi connectivity index (χ3v) is 3.34. The van der Waals surface area contributed by atoms with Crippen molar-refractivity contribution in [3.8, 4) is 0 Å². The van der Waals surface area contributed by atoms with Gasteiger partial charge in [-0.1, -0.05) is 0 Å². The highest BCUT2D eigenvalue weighted by molar-refractivity contribution is 5.04. The molecule has 0 radical (unpaired) electrons. The van der Waals surface area contributed by atoms with Crippen LogP contribution in [0.25, 0.3) is 0 Å². The van der Waals surface area contributed by atoms with Crippen molar-refractivity contribution >= 4 is 0 Å². The van der Waals surface area contributed by atoms with E-state index in [0.717, 1.165) is 19.6 Å². The van der Waals surface area contributed by atoms with Gasteiger partial charge < -0.3 is 9.47 Å². The number of ether oxygens (including phenoxy) is 2. The van der Waals surface area contributed by atoms with Crippen molar-refractivity contribution in [2.24, 2.45) is 0 Å². The monoisotopic (exact) mass is 267 g/mol. The molecular formula is C14H25N3O2. The summed E-state index contributed by atoms with van der Waals surface area (Å²) in [4.78, 5) is 2.42. The molecule has 2 atom stereocenters. The predicted molar refractivity (Wildman–Crippen MR) is 74.1 cm³/mol. The number of morpholine rings is 1. The highest BCUT2D eigenvalue weighted by atomic mass is 16.5. The van der Waals surface area contributed by atoms with Crippen LogP contribution in [0.2, 0.25) is 0 Å². The second kappa shape index (κ2) is 6.50. The molecular weight excluding hydrogens is 242 g/mol. The van der Waals surface area contributed by atoms with Gasteiger partial charge in [0.25, 0.3) is 0 Å². The van der Waals surface area contributed by atoms with Crippen LogP contribution in [-0.2, 0) is 16.0 Å². The maximum atomic E-state index is 5.85. The Morgan fingerprint density at radius 3 is 2.89 bits per heavy atom. The van der Waals surface area contributed by atoms with Crippen LogP contribution in [0.5, 0.6) is 0 Å². The number of hydrogen-bond donors (Lipinski definition) is 0. The maximum absolute atomic E-state index is 5.85. The fourth-order valence-electron chi connectivity index (χ4n) is 2.55. The van der Waals surface area contributed by atoms with Gasteiger partial charge in [-0.15, -0.1) is 0 Å². The van der Waals surface area contributed by atoms with Crippen molar-refractivity contribution in [1.82, 2.24) is 14.7 Å². The molecule has 1 fully saturated rings. The molecule has 2 rings (SSSR count). The van der Waals surface area contributed by atoms with E-state index in [1.54, 1.807) is 7.11 Å². The third kappa shape index (κ3) is 4.03. The zero-order valence-corrected chi connectivity index (χ0v) is 12.4. The summed E-state index contributed by atoms with van der Waals surface area (Å²) < 4.78 is 13.1. The summed E-state index contributed by atoms with van der Waals surface area (Å²) in [5.74, 6) is 0. The van der Waals surface area contributed by atoms with E-state index in [-0.39, 0.29) is 12.2 Å². The zero-order valence-electron chi connectivity index (χ0n) is 12.4. The Hall–Kier alpha value is -0.910. The highest BCUT2D eigenvalue weighted by Crippen LogP contribution is 2.15. The SMILES string of the molecule is COC[C@@H]1CN(Cc2cnn(C(C)C)c2)C[C@H](C)O1. The lowest BCUT2D eigenvalue weighted by Crippen LogP contribution is -2.47. The molecule has 1 aliphatic rings. The van der Waals surface area contributed by atoms with E-state index in [9.17, 15) is 0 Å². The highest BCUT2D eigenvalue weighted by Gasteiger charge is 2.25. The smallest absolute Gasteiger partial charge is 0.0939 e. The molecule has 0 aromatic carbocycles. The van der Waals surface area contributed by atoms with Crippen molar-refractivity contribution in [1.29, 1.82) is 0 Å². The normalized spacial score (nSPS) is 25.1. The molecule has 5 nitrogen and oxygen atoms in total. The van der Waals surface area contributed by atoms with Crippen molar-refractivity contribution in [3.63, 3.8) is 0 Å². The Labute approximate surface area is 115 Å². The first kappa shape index (κ1) is 14.5. The Kier molecular flexibility index (Phi) is 4.96. The molecule has 2 heterocycles. The summed E-state index contributed by atoms with van der Waals surface area (Å²) >= 11 is 0. The van der Waals surface area contributed by atoms with E-state index in [2.05, 4.69) is 37.0 Å². The standard InChI is InChI=1S/C14H25N3O2/c1-11(2)17-8-13(5-15-17)7-16-6-12(3)19-14(9-16)10-18-4/h5,8,11-12,14H,6-7,9-10H2,1-4H3/t12-,14-/m0/s1. The minimum absolute atomic E-state index is 0.175. The van der Waals surface area contributed by atoms with Gasteiger partial charge in [0.2, 0.25) is 0 Å². The molecule has 0 amide bonds. The van der Waals surface area contributed by atoms with Gasteiger partial charge >= 0.3 is 0 Å². The van der Waals surface area contributed by atoms with Crippen molar-refractivity contribution < 1.29 is 9.47 Å². The van der Waals surface area contributed by atoms with Gasteiger partial charge in [-0.05, 0) is 20.8 Å². The van der Waals surface area contributed by atoms with Gasteiger partial charge in [-0.2, -0.15) is 5.10 Å². The van der Waals surface area contributed by atoms with Gasteiger partial charge in [0.15, 0.2) is 0 Å². The summed E-state index contributed by atoms with van der Waals surface area (Å²) in [5.41, 5.74) is 1.26. The van der Waals surface area contributed by atoms with Gasteiger partial charge in [0.1, 0.15) is 0 Å². The number of rotatable bonds is 5. The van der Waals surface area contributed by atoms with Gasteiger partial charge in [-0.25, -0.2) is 0 Å². The Bertz CT molecular complexity index is 392. The molecule has 0 spiro atoms. The topological polar surface area (TPSA) is 39.5 Å². The molecule has 0 unspecified atom stereocenters. The second-order valence-corrected chi connectivity index (χ2v) is 5.64. The first-order valence-electron chi connectivity index (χ1n) is 6.98. The molecule has 0 N–H and O–H groups in total. The molecule has 1 aromatic heterocycles. The Balaban J connectivity index is 1.93. The van der Waals surface area contributed by atoms with Crippen LogP contribution in [0.1, 0.15) is 32.4 Å². The average molecular weight is 267 g/mol. The summed E-state index contributed by atoms with van der Waals surface area (Å²) in [7, 11) is 1.72. The lowest BCUT2D eigenvalue weighted by Gasteiger charge is -2.36. The van der Waals surface area contributed by atoms with E-state index in [1.165, 1.54) is 5.56 Å². The van der Waals surface area contributed by atoms with Gasteiger partial charge in [-0.3, -0.25) is 9.58 Å². The summed E-state index contributed by atoms with van der Waals surface area (Å²) in [6.45, 7) is 9.88. The summed E-state index contributed by atoms with van der Waals surface area (Å²) in [6, 6.07) is 0.415. The molecule has 1 saturated heterocycles. The van der Waals surface area contributed by atoms with Crippen LogP contribution in [0, 0.1) is 0 Å². The van der Waals surface area contributed by atoms with Gasteiger partial charge in [0.05, 0.1) is 25.0 Å². The van der Waals surface area contributed by atoms with Crippen LogP contribution in [0.4, 0.5) is 0 Å². The van der Waals surface area contributed by atoms with Crippen LogP contribution in [-0.4, -0.2) is 53.7 Å². The van der Waals surface area contributed by atoms with Crippen LogP contribution in [0.15, 0.2) is 12.4 Å². The van der Waals surface area contributed by atoms with Crippen LogP contribution < -0.4 is 0 Å². The lowest BCUT2D eigenvalue weighted by atomic mass is 10.2. The van der Waals surface area contributed by atoms with E-state index < -0.39 is 0 Å². The van der Waals surface area contributed by atoms with Crippen LogP contribution in [0.3, 0.4) is 0 Å². The molecule has 0 aliphatic carbocycles. The third-order valence-electron chi connectivity index (χ3n) is 3.34. The number of aromatic nitrogens is 2. The first-order valence-corrected chi connectivity index (χ1v) is 6.98. The number of nitrogens with zero attached hydrogens (tertiary/aromatic N) is 3. The van der Waals surface area contributed by atoms with E-state index >= 15 is 0 Å². The van der Waals surface area contributed by atoms with Crippen molar-refractivity contribution in [2.75, 3.05) is 26.8 Å². The quantitative estimate of drug-likeness (QED) is 0.814. The van der Waals surface area contributed by atoms with E-state index in [4.69, 9.17) is 9.47 Å². The van der Waals surface area contributed by atoms with Crippen LogP contribution >= 0.6 is 0 Å². The van der Waals surface area contributed by atoms with Gasteiger partial charge in [0, 0.05) is 44.5 Å². The lowest BCUT2D eigenvalue weighted by molar-refractivity contribution is -0.103. The van der Waals surface area contributed by atoms with Crippen molar-refractivity contribution in [2.45, 2.75) is 45.6 Å². The molecule has 1 aromatic rings. The Morgan fingerprint density at radius 2 is 2.26 bits per heavy atom. The number of methoxy groups -OCH3 is 1. The molecule has 19 heavy (non-hydrogen) atoms. The molecule has 5 heteroatoms. The minimum atomic E-state index is 0.175. The maximum Gasteiger partial charge on any atom is 0.0939 e. The molecule has 1 aliphatic heterocycles. The Morgan fingerprint density at radius 1 is 1.47 bits per heavy atom. The molecule has 0 bridgehead atoms. The predicted octanol–water partition coefficient (Wildman–Crippen LogP) is 1.70. The fourth-order valence-corrected chi connectivity index (χ4v) is 2.55. The fraction of sp³-hybridized carbons (Fsp3) is 0.786. The van der Waals surface area contributed by atoms with Crippen molar-refractivity contribution in [3.05, 3.63) is 18.0 Å². The molecule has 0 saturated carbocycles. The summed E-state index contributed by atoms with van der Waals surface area (Å²) in [6.07, 6.45) is 4.53. The number of hydrogen-bond acceptors (Lipinski definition) is 4. The zero-order chi connectivity index (χ0) is 13.8. The average Bonchev–Trinajstić information content (AvgIpc) is 2.77. The first-order chi connectivity index (χ1) is 9.08. The second-order valence-electron chi connectivity index (χ2n) is 5.64. The molecule has 108 valence electrons. The largest absolute Gasteiger partial charge is 0.382 e.